The molecule has 1 aromatic carbocycles. The van der Waals surface area contributed by atoms with E-state index in [4.69, 9.17) is 5.73 Å². The molecule has 0 spiro atoms. The van der Waals surface area contributed by atoms with E-state index in [1.807, 2.05) is 38.2 Å². The lowest BCUT2D eigenvalue weighted by molar-refractivity contribution is 0.872. The number of nitrogens with zero attached hydrogens (tertiary/aromatic N) is 2. The summed E-state index contributed by atoms with van der Waals surface area (Å²) in [5, 5.41) is 2.17. The number of nitrogens with two attached hydrogens (primary N) is 1. The van der Waals surface area contributed by atoms with Crippen molar-refractivity contribution in [2.24, 2.45) is 5.73 Å². The molecule has 0 saturated carbocycles. The van der Waals surface area contributed by atoms with Crippen molar-refractivity contribution in [3.05, 3.63) is 57.7 Å². The molecule has 3 rings (SSSR count). The van der Waals surface area contributed by atoms with E-state index < -0.39 is 0 Å². The van der Waals surface area contributed by atoms with Gasteiger partial charge in [0.15, 0.2) is 0 Å². The first-order valence-corrected chi connectivity index (χ1v) is 7.01. The summed E-state index contributed by atoms with van der Waals surface area (Å²) in [7, 11) is 0. The van der Waals surface area contributed by atoms with E-state index in [2.05, 4.69) is 22.1 Å². The molecule has 1 unspecified atom stereocenters. The lowest BCUT2D eigenvalue weighted by Gasteiger charge is -2.11. The van der Waals surface area contributed by atoms with Gasteiger partial charge >= 0.3 is 0 Å². The minimum atomic E-state index is -0.150. The van der Waals surface area contributed by atoms with Crippen LogP contribution in [-0.2, 0) is 0 Å². The summed E-state index contributed by atoms with van der Waals surface area (Å²) < 4.78 is 0. The highest BCUT2D eigenvalue weighted by Gasteiger charge is 2.16. The molecule has 0 saturated heterocycles. The fourth-order valence-electron chi connectivity index (χ4n) is 2.25. The van der Waals surface area contributed by atoms with Gasteiger partial charge in [0.25, 0.3) is 0 Å². The molecule has 19 heavy (non-hydrogen) atoms. The summed E-state index contributed by atoms with van der Waals surface area (Å²) in [6.45, 7) is 4.01. The van der Waals surface area contributed by atoms with Crippen molar-refractivity contribution in [1.29, 1.82) is 0 Å². The van der Waals surface area contributed by atoms with Crippen LogP contribution in [-0.4, -0.2) is 9.97 Å². The first kappa shape index (κ1) is 12.3. The molecule has 0 aliphatic heterocycles. The van der Waals surface area contributed by atoms with Crippen LogP contribution in [0.2, 0.25) is 0 Å². The number of benzene rings is 1. The van der Waals surface area contributed by atoms with E-state index in [1.54, 1.807) is 11.3 Å². The SMILES string of the molecule is Cc1nc(C)c(C(N)c2cnc3ccccc3c2)s1. The zero-order valence-corrected chi connectivity index (χ0v) is 11.7. The third kappa shape index (κ3) is 2.25. The molecule has 4 heteroatoms. The summed E-state index contributed by atoms with van der Waals surface area (Å²) in [5.74, 6) is 0. The molecule has 2 aromatic heterocycles. The molecular formula is C15H15N3S. The molecule has 2 N–H and O–H groups in total. The predicted octanol–water partition coefficient (Wildman–Crippen LogP) is 3.36. The topological polar surface area (TPSA) is 51.8 Å². The van der Waals surface area contributed by atoms with Gasteiger partial charge in [0, 0.05) is 16.5 Å². The van der Waals surface area contributed by atoms with Crippen molar-refractivity contribution >= 4 is 22.2 Å². The van der Waals surface area contributed by atoms with Gasteiger partial charge in [-0.05, 0) is 31.5 Å². The van der Waals surface area contributed by atoms with Crippen LogP contribution in [0.25, 0.3) is 10.9 Å². The number of thiazole rings is 1. The first-order valence-electron chi connectivity index (χ1n) is 6.19. The first-order chi connectivity index (χ1) is 9.15. The quantitative estimate of drug-likeness (QED) is 0.776. The average Bonchev–Trinajstić information content (AvgIpc) is 2.76. The highest BCUT2D eigenvalue weighted by molar-refractivity contribution is 7.11. The highest BCUT2D eigenvalue weighted by Crippen LogP contribution is 2.28. The van der Waals surface area contributed by atoms with E-state index in [-0.39, 0.29) is 6.04 Å². The van der Waals surface area contributed by atoms with Gasteiger partial charge < -0.3 is 5.73 Å². The van der Waals surface area contributed by atoms with Crippen molar-refractivity contribution in [3.8, 4) is 0 Å². The third-order valence-corrected chi connectivity index (χ3v) is 4.35. The number of hydrogen-bond donors (Lipinski definition) is 1. The molecule has 0 amide bonds. The highest BCUT2D eigenvalue weighted by atomic mass is 32.1. The summed E-state index contributed by atoms with van der Waals surface area (Å²) in [6.07, 6.45) is 1.86. The average molecular weight is 269 g/mol. The standard InChI is InChI=1S/C15H15N3S/c1-9-15(19-10(2)18-9)14(16)12-7-11-5-3-4-6-13(11)17-8-12/h3-8,14H,16H2,1-2H3. The van der Waals surface area contributed by atoms with Crippen LogP contribution < -0.4 is 5.73 Å². The Morgan fingerprint density at radius 3 is 2.74 bits per heavy atom. The van der Waals surface area contributed by atoms with Gasteiger partial charge in [0.2, 0.25) is 0 Å². The van der Waals surface area contributed by atoms with Crippen LogP contribution in [0.1, 0.15) is 27.2 Å². The van der Waals surface area contributed by atoms with Crippen LogP contribution >= 0.6 is 11.3 Å². The molecule has 3 nitrogen and oxygen atoms in total. The Morgan fingerprint density at radius 2 is 2.00 bits per heavy atom. The predicted molar refractivity (Wildman–Crippen MR) is 79.4 cm³/mol. The van der Waals surface area contributed by atoms with Gasteiger partial charge in [-0.15, -0.1) is 11.3 Å². The van der Waals surface area contributed by atoms with Gasteiger partial charge in [0.1, 0.15) is 0 Å². The number of aromatic nitrogens is 2. The van der Waals surface area contributed by atoms with Gasteiger partial charge in [-0.3, -0.25) is 4.98 Å². The largest absolute Gasteiger partial charge is 0.320 e. The second-order valence-electron chi connectivity index (χ2n) is 4.62. The zero-order chi connectivity index (χ0) is 13.4. The smallest absolute Gasteiger partial charge is 0.0900 e. The maximum Gasteiger partial charge on any atom is 0.0900 e. The summed E-state index contributed by atoms with van der Waals surface area (Å²) >= 11 is 1.66. The van der Waals surface area contributed by atoms with Crippen molar-refractivity contribution in [2.75, 3.05) is 0 Å². The lowest BCUT2D eigenvalue weighted by Crippen LogP contribution is -2.11. The number of fused-ring (bicyclic) bond motifs is 1. The Labute approximate surface area is 116 Å². The van der Waals surface area contributed by atoms with Gasteiger partial charge in [-0.25, -0.2) is 4.98 Å². The molecule has 2 heterocycles. The Morgan fingerprint density at radius 1 is 1.21 bits per heavy atom. The van der Waals surface area contributed by atoms with E-state index >= 15 is 0 Å². The fourth-order valence-corrected chi connectivity index (χ4v) is 3.20. The van der Waals surface area contributed by atoms with Crippen LogP contribution in [0.4, 0.5) is 0 Å². The molecule has 0 fully saturated rings. The second kappa shape index (κ2) is 4.72. The van der Waals surface area contributed by atoms with Crippen molar-refractivity contribution in [3.63, 3.8) is 0 Å². The van der Waals surface area contributed by atoms with Gasteiger partial charge in [-0.1, -0.05) is 18.2 Å². The summed E-state index contributed by atoms with van der Waals surface area (Å²) in [5.41, 5.74) is 9.40. The lowest BCUT2D eigenvalue weighted by atomic mass is 10.1. The molecule has 1 atom stereocenters. The molecular weight excluding hydrogens is 254 g/mol. The van der Waals surface area contributed by atoms with Crippen LogP contribution in [0.5, 0.6) is 0 Å². The van der Waals surface area contributed by atoms with E-state index in [1.165, 1.54) is 0 Å². The second-order valence-corrected chi connectivity index (χ2v) is 5.86. The maximum absolute atomic E-state index is 6.35. The number of pyridine rings is 1. The molecule has 3 aromatic rings. The molecule has 96 valence electrons. The summed E-state index contributed by atoms with van der Waals surface area (Å²) in [4.78, 5) is 10.0. The van der Waals surface area contributed by atoms with Crippen LogP contribution in [0, 0.1) is 13.8 Å². The minimum absolute atomic E-state index is 0.150. The molecule has 0 aliphatic rings. The Bertz CT molecular complexity index is 733. The third-order valence-electron chi connectivity index (χ3n) is 3.19. The Balaban J connectivity index is 2.06. The fraction of sp³-hybridized carbons (Fsp3) is 0.200. The van der Waals surface area contributed by atoms with Crippen LogP contribution in [0.15, 0.2) is 36.5 Å². The zero-order valence-electron chi connectivity index (χ0n) is 10.9. The van der Waals surface area contributed by atoms with E-state index in [0.717, 1.165) is 32.0 Å². The van der Waals surface area contributed by atoms with Gasteiger partial charge in [-0.2, -0.15) is 0 Å². The minimum Gasteiger partial charge on any atom is -0.320 e. The Kier molecular flexibility index (Phi) is 3.05. The van der Waals surface area contributed by atoms with E-state index in [0.29, 0.717) is 0 Å². The van der Waals surface area contributed by atoms with E-state index in [9.17, 15) is 0 Å². The van der Waals surface area contributed by atoms with Crippen molar-refractivity contribution in [2.45, 2.75) is 19.9 Å². The molecule has 0 bridgehead atoms. The van der Waals surface area contributed by atoms with Crippen molar-refractivity contribution < 1.29 is 0 Å². The number of rotatable bonds is 2. The number of aryl methyl sites for hydroxylation is 2. The van der Waals surface area contributed by atoms with Crippen molar-refractivity contribution in [1.82, 2.24) is 9.97 Å². The maximum atomic E-state index is 6.35. The molecule has 0 radical (unpaired) electrons. The van der Waals surface area contributed by atoms with Crippen LogP contribution in [0.3, 0.4) is 0 Å². The summed E-state index contributed by atoms with van der Waals surface area (Å²) in [6, 6.07) is 10.0. The Hall–Kier alpha value is -1.78. The van der Waals surface area contributed by atoms with Gasteiger partial charge in [0.05, 0.1) is 22.3 Å². The molecule has 0 aliphatic carbocycles. The normalized spacial score (nSPS) is 12.8. The number of para-hydroxylation sites is 1. The monoisotopic (exact) mass is 269 g/mol. The number of hydrogen-bond acceptors (Lipinski definition) is 4.